The summed E-state index contributed by atoms with van der Waals surface area (Å²) in [5, 5.41) is 0. The highest BCUT2D eigenvalue weighted by atomic mass is 32.5. The van der Waals surface area contributed by atoms with Gasteiger partial charge in [-0.25, -0.2) is 15.0 Å². The van der Waals surface area contributed by atoms with Gasteiger partial charge in [0.15, 0.2) is 11.5 Å². The maximum Gasteiger partial charge on any atom is 0.325 e. The molecule has 1 saturated heterocycles. The van der Waals surface area contributed by atoms with Crippen molar-refractivity contribution in [3.63, 3.8) is 0 Å². The summed E-state index contributed by atoms with van der Waals surface area (Å²) in [6.45, 7) is 8.79. The summed E-state index contributed by atoms with van der Waals surface area (Å²) in [4.78, 5) is 23.7. The Morgan fingerprint density at radius 1 is 1.27 bits per heavy atom. The number of ether oxygens (including phenoxy) is 2. The Morgan fingerprint density at radius 3 is 2.58 bits per heavy atom. The lowest BCUT2D eigenvalue weighted by Gasteiger charge is -2.40. The van der Waals surface area contributed by atoms with Crippen LogP contribution in [0, 0.1) is 5.41 Å². The number of imidazole rings is 1. The molecule has 1 fully saturated rings. The topological polar surface area (TPSA) is 127 Å². The lowest BCUT2D eigenvalue weighted by atomic mass is 9.77. The lowest BCUT2D eigenvalue weighted by Crippen LogP contribution is -2.45. The predicted octanol–water partition coefficient (Wildman–Crippen LogP) is 3.96. The fourth-order valence-corrected chi connectivity index (χ4v) is 6.67. The molecule has 0 saturated carbocycles. The Kier molecular flexibility index (Phi) is 7.56. The Morgan fingerprint density at radius 2 is 1.97 bits per heavy atom. The molecule has 3 heterocycles. The van der Waals surface area contributed by atoms with Crippen molar-refractivity contribution in [3.05, 3.63) is 12.7 Å². The highest BCUT2D eigenvalue weighted by molar-refractivity contribution is 8.07. The van der Waals surface area contributed by atoms with Crippen molar-refractivity contribution in [1.29, 1.82) is 0 Å². The minimum absolute atomic E-state index is 0.100. The molecule has 0 amide bonds. The standard InChI is InChI=1S/C21H36N5O5PS/c1-19(2,3)11-21(8-9-28-7)14(30-32(27,33)31-20(4,5)6)10-15(29-21)26-13-25-16-17(22)23-12-24-18(16)26/h12-15H,8-11H2,1-7H3,(H,27,33)(H2,22,23,24)/t14-,15-,21-,32?/m1/s1. The number of methoxy groups -OCH3 is 1. The van der Waals surface area contributed by atoms with E-state index in [1.54, 1.807) is 13.4 Å². The van der Waals surface area contributed by atoms with E-state index < -0.39 is 30.3 Å². The zero-order valence-electron chi connectivity index (χ0n) is 20.4. The first kappa shape index (κ1) is 26.4. The van der Waals surface area contributed by atoms with Gasteiger partial charge in [0, 0.05) is 26.6 Å². The van der Waals surface area contributed by atoms with Gasteiger partial charge in [-0.1, -0.05) is 20.8 Å². The first-order chi connectivity index (χ1) is 15.1. The average Bonchev–Trinajstić information content (AvgIpc) is 3.19. The molecule has 186 valence electrons. The van der Waals surface area contributed by atoms with Gasteiger partial charge in [0.2, 0.25) is 0 Å². The summed E-state index contributed by atoms with van der Waals surface area (Å²) >= 11 is 5.40. The fraction of sp³-hybridized carbons (Fsp3) is 0.762. The van der Waals surface area contributed by atoms with Crippen molar-refractivity contribution in [3.8, 4) is 0 Å². The van der Waals surface area contributed by atoms with Gasteiger partial charge in [-0.2, -0.15) is 0 Å². The minimum Gasteiger partial charge on any atom is -0.385 e. The van der Waals surface area contributed by atoms with Crippen LogP contribution in [0.3, 0.4) is 0 Å². The maximum atomic E-state index is 10.9. The molecule has 0 aromatic carbocycles. The second-order valence-electron chi connectivity index (χ2n) is 10.7. The van der Waals surface area contributed by atoms with E-state index in [-0.39, 0.29) is 5.41 Å². The van der Waals surface area contributed by atoms with Crippen molar-refractivity contribution in [2.24, 2.45) is 5.41 Å². The van der Waals surface area contributed by atoms with Crippen LogP contribution in [0.5, 0.6) is 0 Å². The zero-order chi connectivity index (χ0) is 24.7. The van der Waals surface area contributed by atoms with Crippen molar-refractivity contribution in [2.45, 2.75) is 84.3 Å². The van der Waals surface area contributed by atoms with E-state index in [4.69, 9.17) is 36.1 Å². The molecule has 0 bridgehead atoms. The molecule has 33 heavy (non-hydrogen) atoms. The Hall–Kier alpha value is -1.20. The van der Waals surface area contributed by atoms with Gasteiger partial charge in [0.25, 0.3) is 0 Å². The summed E-state index contributed by atoms with van der Waals surface area (Å²) < 4.78 is 25.9. The molecule has 2 aromatic rings. The number of hydrogen-bond donors (Lipinski definition) is 2. The molecule has 10 nitrogen and oxygen atoms in total. The van der Waals surface area contributed by atoms with Crippen LogP contribution >= 0.6 is 6.72 Å². The summed E-state index contributed by atoms with van der Waals surface area (Å²) in [5.74, 6) is 0.300. The van der Waals surface area contributed by atoms with E-state index >= 15 is 0 Å². The number of anilines is 1. The number of rotatable bonds is 8. The third-order valence-corrected chi connectivity index (χ3v) is 7.06. The quantitative estimate of drug-likeness (QED) is 0.513. The maximum absolute atomic E-state index is 10.9. The molecule has 0 radical (unpaired) electrons. The van der Waals surface area contributed by atoms with Crippen molar-refractivity contribution >= 4 is 35.5 Å². The predicted molar refractivity (Wildman–Crippen MR) is 130 cm³/mol. The van der Waals surface area contributed by atoms with Gasteiger partial charge >= 0.3 is 6.72 Å². The van der Waals surface area contributed by atoms with E-state index in [2.05, 4.69) is 35.7 Å². The second kappa shape index (κ2) is 9.45. The molecule has 3 rings (SSSR count). The van der Waals surface area contributed by atoms with Crippen molar-refractivity contribution in [1.82, 2.24) is 19.5 Å². The van der Waals surface area contributed by atoms with Crippen LogP contribution in [0.1, 0.15) is 67.0 Å². The molecular weight excluding hydrogens is 465 g/mol. The fourth-order valence-electron chi connectivity index (χ4n) is 4.35. The third-order valence-electron chi connectivity index (χ3n) is 5.28. The number of nitrogens with zero attached hydrogens (tertiary/aromatic N) is 4. The highest BCUT2D eigenvalue weighted by Gasteiger charge is 2.53. The summed E-state index contributed by atoms with van der Waals surface area (Å²) in [6, 6.07) is 0. The number of aromatic nitrogens is 4. The molecule has 1 aliphatic heterocycles. The third kappa shape index (κ3) is 6.48. The van der Waals surface area contributed by atoms with Gasteiger partial charge in [0.05, 0.1) is 11.9 Å². The van der Waals surface area contributed by atoms with Crippen LogP contribution in [0.2, 0.25) is 0 Å². The summed E-state index contributed by atoms with van der Waals surface area (Å²) in [6.07, 6.45) is 3.67. The number of nitrogen functional groups attached to an aromatic ring is 1. The van der Waals surface area contributed by atoms with E-state index in [9.17, 15) is 4.89 Å². The first-order valence-electron chi connectivity index (χ1n) is 11.0. The molecule has 0 spiro atoms. The van der Waals surface area contributed by atoms with Crippen LogP contribution in [0.15, 0.2) is 12.7 Å². The lowest BCUT2D eigenvalue weighted by molar-refractivity contribution is -0.129. The normalized spacial score (nSPS) is 26.1. The number of nitrogens with two attached hydrogens (primary N) is 1. The van der Waals surface area contributed by atoms with Crippen LogP contribution in [0.25, 0.3) is 11.2 Å². The first-order valence-corrected chi connectivity index (χ1v) is 13.6. The Balaban J connectivity index is 2.02. The zero-order valence-corrected chi connectivity index (χ0v) is 22.2. The average molecular weight is 502 g/mol. The SMILES string of the molecule is COCC[C@]1(CC(C)(C)C)O[C@@H](n2cnc3c(N)ncnc32)C[C@H]1OP(O)(=S)OC(C)(C)C. The number of hydrogen-bond acceptors (Lipinski definition) is 9. The van der Waals surface area contributed by atoms with Crippen LogP contribution in [-0.4, -0.2) is 55.4 Å². The minimum atomic E-state index is -3.56. The van der Waals surface area contributed by atoms with Gasteiger partial charge in [0.1, 0.15) is 29.8 Å². The Bertz CT molecular complexity index is 1020. The molecule has 1 unspecified atom stereocenters. The molecule has 12 heteroatoms. The van der Waals surface area contributed by atoms with Gasteiger partial charge < -0.3 is 29.1 Å². The molecular formula is C21H36N5O5PS. The molecule has 2 aromatic heterocycles. The highest BCUT2D eigenvalue weighted by Crippen LogP contribution is 2.56. The Labute approximate surface area is 200 Å². The van der Waals surface area contributed by atoms with Crippen molar-refractivity contribution in [2.75, 3.05) is 19.5 Å². The summed E-state index contributed by atoms with van der Waals surface area (Å²) in [7, 11) is 1.65. The van der Waals surface area contributed by atoms with Gasteiger partial charge in [-0.3, -0.25) is 4.57 Å². The smallest absolute Gasteiger partial charge is 0.325 e. The molecule has 0 aliphatic carbocycles. The molecule has 3 N–H and O–H groups in total. The molecule has 4 atom stereocenters. The summed E-state index contributed by atoms with van der Waals surface area (Å²) in [5.41, 5.74) is 5.52. The number of fused-ring (bicyclic) bond motifs is 1. The molecule has 1 aliphatic rings. The van der Waals surface area contributed by atoms with E-state index in [0.29, 0.717) is 42.9 Å². The largest absolute Gasteiger partial charge is 0.385 e. The van der Waals surface area contributed by atoms with E-state index in [0.717, 1.165) is 0 Å². The van der Waals surface area contributed by atoms with Crippen LogP contribution in [0.4, 0.5) is 5.82 Å². The van der Waals surface area contributed by atoms with Crippen LogP contribution < -0.4 is 5.73 Å². The second-order valence-corrected chi connectivity index (χ2v) is 13.4. The van der Waals surface area contributed by atoms with Gasteiger partial charge in [-0.15, -0.1) is 0 Å². The van der Waals surface area contributed by atoms with Gasteiger partial charge in [-0.05, 0) is 44.4 Å². The van der Waals surface area contributed by atoms with E-state index in [1.807, 2.05) is 25.3 Å². The van der Waals surface area contributed by atoms with Crippen LogP contribution in [-0.2, 0) is 30.3 Å². The van der Waals surface area contributed by atoms with E-state index in [1.165, 1.54) is 6.33 Å². The van der Waals surface area contributed by atoms with Crippen molar-refractivity contribution < 1.29 is 23.4 Å². The monoisotopic (exact) mass is 501 g/mol.